The van der Waals surface area contributed by atoms with Crippen molar-refractivity contribution in [1.82, 2.24) is 4.98 Å². The fraction of sp³-hybridized carbons (Fsp3) is 0.308. The first-order chi connectivity index (χ1) is 7.08. The highest BCUT2D eigenvalue weighted by atomic mass is 14.7. The average Bonchev–Trinajstić information content (AvgIpc) is 2.17. The summed E-state index contributed by atoms with van der Waals surface area (Å²) < 4.78 is 0. The Morgan fingerprint density at radius 3 is 2.60 bits per heavy atom. The van der Waals surface area contributed by atoms with E-state index in [1.54, 1.807) is 0 Å². The van der Waals surface area contributed by atoms with Crippen LogP contribution in [0.15, 0.2) is 24.3 Å². The molecule has 1 aromatic heterocycles. The van der Waals surface area contributed by atoms with Crippen LogP contribution >= 0.6 is 0 Å². The molecule has 0 aliphatic rings. The largest absolute Gasteiger partial charge is 0.324 e. The molecule has 2 nitrogen and oxygen atoms in total. The van der Waals surface area contributed by atoms with Gasteiger partial charge in [0.1, 0.15) is 0 Å². The van der Waals surface area contributed by atoms with E-state index in [0.717, 1.165) is 16.8 Å². The Kier molecular flexibility index (Phi) is 2.45. The SMILES string of the molecule is Cc1cc(C(C)N)c2nc(C)ccc2c1. The zero-order valence-corrected chi connectivity index (χ0v) is 9.41. The van der Waals surface area contributed by atoms with E-state index in [4.69, 9.17) is 5.73 Å². The Bertz CT molecular complexity index is 501. The van der Waals surface area contributed by atoms with E-state index in [1.165, 1.54) is 10.9 Å². The molecule has 1 atom stereocenters. The molecule has 0 aliphatic carbocycles. The van der Waals surface area contributed by atoms with Crippen molar-refractivity contribution >= 4 is 10.9 Å². The minimum Gasteiger partial charge on any atom is -0.324 e. The fourth-order valence-electron chi connectivity index (χ4n) is 1.86. The minimum absolute atomic E-state index is 0.0294. The molecule has 0 amide bonds. The Morgan fingerprint density at radius 1 is 1.20 bits per heavy atom. The van der Waals surface area contributed by atoms with Crippen LogP contribution < -0.4 is 5.73 Å². The summed E-state index contributed by atoms with van der Waals surface area (Å²) in [6.45, 7) is 6.09. The number of benzene rings is 1. The number of aryl methyl sites for hydroxylation is 2. The van der Waals surface area contributed by atoms with Gasteiger partial charge in [-0.25, -0.2) is 0 Å². The van der Waals surface area contributed by atoms with Crippen LogP contribution in [0.25, 0.3) is 10.9 Å². The van der Waals surface area contributed by atoms with Gasteiger partial charge < -0.3 is 5.73 Å². The lowest BCUT2D eigenvalue weighted by Gasteiger charge is -2.11. The molecule has 0 saturated carbocycles. The second-order valence-corrected chi connectivity index (χ2v) is 4.17. The highest BCUT2D eigenvalue weighted by Crippen LogP contribution is 2.23. The van der Waals surface area contributed by atoms with Gasteiger partial charge >= 0.3 is 0 Å². The lowest BCUT2D eigenvalue weighted by atomic mass is 10.0. The zero-order chi connectivity index (χ0) is 11.0. The van der Waals surface area contributed by atoms with Crippen molar-refractivity contribution in [3.8, 4) is 0 Å². The summed E-state index contributed by atoms with van der Waals surface area (Å²) in [6, 6.07) is 8.44. The Balaban J connectivity index is 2.81. The normalized spacial score (nSPS) is 13.1. The summed E-state index contributed by atoms with van der Waals surface area (Å²) in [5.74, 6) is 0. The summed E-state index contributed by atoms with van der Waals surface area (Å²) in [4.78, 5) is 4.56. The van der Waals surface area contributed by atoms with Crippen LogP contribution in [0.3, 0.4) is 0 Å². The molecule has 0 spiro atoms. The summed E-state index contributed by atoms with van der Waals surface area (Å²) in [7, 11) is 0. The standard InChI is InChI=1S/C13H16N2/c1-8-6-11-5-4-9(2)15-13(11)12(7-8)10(3)14/h4-7,10H,14H2,1-3H3. The number of nitrogens with zero attached hydrogens (tertiary/aromatic N) is 1. The van der Waals surface area contributed by atoms with Gasteiger partial charge in [-0.2, -0.15) is 0 Å². The molecule has 1 heterocycles. The van der Waals surface area contributed by atoms with Gasteiger partial charge in [0.2, 0.25) is 0 Å². The van der Waals surface area contributed by atoms with Crippen molar-refractivity contribution in [3.05, 3.63) is 41.1 Å². The molecule has 2 N–H and O–H groups in total. The lowest BCUT2D eigenvalue weighted by Crippen LogP contribution is -2.07. The molecule has 15 heavy (non-hydrogen) atoms. The van der Waals surface area contributed by atoms with Crippen molar-refractivity contribution < 1.29 is 0 Å². The quantitative estimate of drug-likeness (QED) is 0.768. The van der Waals surface area contributed by atoms with Crippen LogP contribution in [0.5, 0.6) is 0 Å². The van der Waals surface area contributed by atoms with E-state index in [1.807, 2.05) is 19.9 Å². The second kappa shape index (κ2) is 3.63. The van der Waals surface area contributed by atoms with Gasteiger partial charge in [-0.05, 0) is 38.5 Å². The third-order valence-corrected chi connectivity index (χ3v) is 2.60. The van der Waals surface area contributed by atoms with Gasteiger partial charge in [0.15, 0.2) is 0 Å². The van der Waals surface area contributed by atoms with Crippen molar-refractivity contribution in [2.24, 2.45) is 5.73 Å². The molecule has 0 fully saturated rings. The van der Waals surface area contributed by atoms with Gasteiger partial charge in [-0.15, -0.1) is 0 Å². The minimum atomic E-state index is 0.0294. The maximum absolute atomic E-state index is 5.96. The number of nitrogens with two attached hydrogens (primary N) is 1. The van der Waals surface area contributed by atoms with Crippen molar-refractivity contribution in [1.29, 1.82) is 0 Å². The van der Waals surface area contributed by atoms with Crippen LogP contribution in [0.4, 0.5) is 0 Å². The number of fused-ring (bicyclic) bond motifs is 1. The third-order valence-electron chi connectivity index (χ3n) is 2.60. The van der Waals surface area contributed by atoms with Gasteiger partial charge in [0, 0.05) is 17.1 Å². The van der Waals surface area contributed by atoms with Gasteiger partial charge in [-0.1, -0.05) is 17.7 Å². The highest BCUT2D eigenvalue weighted by molar-refractivity contribution is 5.83. The molecule has 1 aromatic carbocycles. The molecular weight excluding hydrogens is 184 g/mol. The van der Waals surface area contributed by atoms with E-state index in [2.05, 4.69) is 30.1 Å². The topological polar surface area (TPSA) is 38.9 Å². The molecule has 78 valence electrons. The van der Waals surface area contributed by atoms with Crippen LogP contribution in [-0.2, 0) is 0 Å². The number of aromatic nitrogens is 1. The Hall–Kier alpha value is -1.41. The van der Waals surface area contributed by atoms with Crippen molar-refractivity contribution in [2.75, 3.05) is 0 Å². The lowest BCUT2D eigenvalue weighted by molar-refractivity contribution is 0.822. The summed E-state index contributed by atoms with van der Waals surface area (Å²) in [6.07, 6.45) is 0. The maximum Gasteiger partial charge on any atom is 0.0752 e. The smallest absolute Gasteiger partial charge is 0.0752 e. The molecular formula is C13H16N2. The van der Waals surface area contributed by atoms with E-state index < -0.39 is 0 Å². The van der Waals surface area contributed by atoms with Crippen molar-refractivity contribution in [3.63, 3.8) is 0 Å². The molecule has 0 radical (unpaired) electrons. The number of hydrogen-bond donors (Lipinski definition) is 1. The predicted octanol–water partition coefficient (Wildman–Crippen LogP) is 2.87. The van der Waals surface area contributed by atoms with Crippen LogP contribution in [0.2, 0.25) is 0 Å². The van der Waals surface area contributed by atoms with Crippen LogP contribution in [0.1, 0.15) is 29.8 Å². The van der Waals surface area contributed by atoms with E-state index >= 15 is 0 Å². The molecule has 2 rings (SSSR count). The first-order valence-electron chi connectivity index (χ1n) is 5.21. The first-order valence-corrected chi connectivity index (χ1v) is 5.21. The zero-order valence-electron chi connectivity index (χ0n) is 9.41. The second-order valence-electron chi connectivity index (χ2n) is 4.17. The van der Waals surface area contributed by atoms with Crippen molar-refractivity contribution in [2.45, 2.75) is 26.8 Å². The van der Waals surface area contributed by atoms with E-state index in [-0.39, 0.29) is 6.04 Å². The molecule has 0 saturated heterocycles. The van der Waals surface area contributed by atoms with Crippen LogP contribution in [0, 0.1) is 13.8 Å². The third kappa shape index (κ3) is 1.85. The molecule has 2 aromatic rings. The number of rotatable bonds is 1. The predicted molar refractivity (Wildman–Crippen MR) is 63.8 cm³/mol. The number of pyridine rings is 1. The van der Waals surface area contributed by atoms with E-state index in [0.29, 0.717) is 0 Å². The molecule has 0 aliphatic heterocycles. The van der Waals surface area contributed by atoms with Gasteiger partial charge in [0.05, 0.1) is 5.52 Å². The van der Waals surface area contributed by atoms with E-state index in [9.17, 15) is 0 Å². The van der Waals surface area contributed by atoms with Gasteiger partial charge in [-0.3, -0.25) is 4.98 Å². The van der Waals surface area contributed by atoms with Crippen LogP contribution in [-0.4, -0.2) is 4.98 Å². The summed E-state index contributed by atoms with van der Waals surface area (Å²) in [5.41, 5.74) is 10.4. The summed E-state index contributed by atoms with van der Waals surface area (Å²) >= 11 is 0. The summed E-state index contributed by atoms with van der Waals surface area (Å²) in [5, 5.41) is 1.17. The monoisotopic (exact) mass is 200 g/mol. The maximum atomic E-state index is 5.96. The fourth-order valence-corrected chi connectivity index (χ4v) is 1.86. The Morgan fingerprint density at radius 2 is 1.93 bits per heavy atom. The molecule has 1 unspecified atom stereocenters. The highest BCUT2D eigenvalue weighted by Gasteiger charge is 2.07. The Labute approximate surface area is 90.1 Å². The molecule has 0 bridgehead atoms. The average molecular weight is 200 g/mol. The van der Waals surface area contributed by atoms with Gasteiger partial charge in [0.25, 0.3) is 0 Å². The first kappa shape index (κ1) is 10.1. The molecule has 2 heteroatoms. The number of hydrogen-bond acceptors (Lipinski definition) is 2.